The van der Waals surface area contributed by atoms with Crippen LogP contribution in [0.2, 0.25) is 5.02 Å². The Bertz CT molecular complexity index is 1460. The number of anilines is 2. The number of halogens is 4. The van der Waals surface area contributed by atoms with Gasteiger partial charge in [0, 0.05) is 50.9 Å². The zero-order valence-corrected chi connectivity index (χ0v) is 27.7. The molecule has 0 bridgehead atoms. The summed E-state index contributed by atoms with van der Waals surface area (Å²) in [4.78, 5) is 46.0. The average molecular weight is 677 g/mol. The summed E-state index contributed by atoms with van der Waals surface area (Å²) in [7, 11) is 1.71. The first-order valence-corrected chi connectivity index (χ1v) is 16.8. The van der Waals surface area contributed by atoms with Crippen molar-refractivity contribution in [3.05, 3.63) is 58.1 Å². The Morgan fingerprint density at radius 2 is 1.77 bits per heavy atom. The highest BCUT2D eigenvalue weighted by molar-refractivity contribution is 6.33. The molecule has 3 aliphatic heterocycles. The van der Waals surface area contributed by atoms with Crippen LogP contribution in [-0.2, 0) is 28.6 Å². The average Bonchev–Trinajstić information content (AvgIpc) is 3.22. The first kappa shape index (κ1) is 34.8. The maximum absolute atomic E-state index is 14.0. The maximum atomic E-state index is 14.0. The van der Waals surface area contributed by atoms with E-state index in [1.54, 1.807) is 16.8 Å². The van der Waals surface area contributed by atoms with Crippen molar-refractivity contribution in [3.63, 3.8) is 0 Å². The molecule has 2 aromatic rings. The van der Waals surface area contributed by atoms with Gasteiger partial charge in [-0.2, -0.15) is 13.2 Å². The Morgan fingerprint density at radius 3 is 2.45 bits per heavy atom. The number of carbonyl (C=O) groups is 3. The molecule has 2 fully saturated rings. The van der Waals surface area contributed by atoms with Gasteiger partial charge in [0.2, 0.25) is 11.8 Å². The lowest BCUT2D eigenvalue weighted by atomic mass is 9.88. The highest BCUT2D eigenvalue weighted by Crippen LogP contribution is 2.38. The van der Waals surface area contributed by atoms with Gasteiger partial charge in [-0.05, 0) is 93.8 Å². The third kappa shape index (κ3) is 8.14. The van der Waals surface area contributed by atoms with Gasteiger partial charge in [-0.25, -0.2) is 4.79 Å². The highest BCUT2D eigenvalue weighted by Gasteiger charge is 2.37. The van der Waals surface area contributed by atoms with Crippen LogP contribution in [0.5, 0.6) is 0 Å². The predicted octanol–water partition coefficient (Wildman–Crippen LogP) is 5.42. The smallest absolute Gasteiger partial charge is 0.397 e. The number of likely N-dealkylation sites (tertiary alicyclic amines) is 1. The van der Waals surface area contributed by atoms with Crippen LogP contribution in [0.15, 0.2) is 36.4 Å². The van der Waals surface area contributed by atoms with Crippen molar-refractivity contribution in [2.45, 2.75) is 70.1 Å². The molecule has 256 valence electrons. The molecule has 9 nitrogen and oxygen atoms in total. The van der Waals surface area contributed by atoms with Crippen molar-refractivity contribution < 1.29 is 27.6 Å². The van der Waals surface area contributed by atoms with E-state index in [4.69, 9.17) is 17.3 Å². The molecule has 2 saturated heterocycles. The lowest BCUT2D eigenvalue weighted by Gasteiger charge is -2.39. The van der Waals surface area contributed by atoms with Crippen molar-refractivity contribution >= 4 is 40.8 Å². The molecule has 2 atom stereocenters. The third-order valence-corrected chi connectivity index (χ3v) is 10.5. The van der Waals surface area contributed by atoms with E-state index in [1.165, 1.54) is 6.07 Å². The Balaban J connectivity index is 1.29. The second-order valence-corrected chi connectivity index (χ2v) is 13.5. The van der Waals surface area contributed by atoms with Gasteiger partial charge < -0.3 is 31.1 Å². The first-order valence-electron chi connectivity index (χ1n) is 16.4. The molecule has 0 aromatic heterocycles. The van der Waals surface area contributed by atoms with Crippen molar-refractivity contribution in [2.24, 2.45) is 11.8 Å². The van der Waals surface area contributed by atoms with Crippen LogP contribution < -0.4 is 16.4 Å². The SMILES string of the molecule is CC(C1CCNCC1)N(C)C(=O)C(CC(=O)N1CCC(N2CCc3ccccc3NC2=O)CC1)Cc1cc(Cl)c(N)c(C(F)(F)F)c1. The van der Waals surface area contributed by atoms with Crippen molar-refractivity contribution in [2.75, 3.05) is 50.8 Å². The minimum absolute atomic E-state index is 0.0412. The van der Waals surface area contributed by atoms with E-state index >= 15 is 0 Å². The van der Waals surface area contributed by atoms with Gasteiger partial charge in [-0.1, -0.05) is 29.8 Å². The fourth-order valence-electron chi connectivity index (χ4n) is 7.19. The zero-order valence-electron chi connectivity index (χ0n) is 26.9. The fourth-order valence-corrected chi connectivity index (χ4v) is 7.44. The van der Waals surface area contributed by atoms with Crippen molar-refractivity contribution in [1.82, 2.24) is 20.0 Å². The largest absolute Gasteiger partial charge is 0.418 e. The molecule has 5 rings (SSSR count). The fraction of sp³-hybridized carbons (Fsp3) is 0.559. The number of hydrogen-bond acceptors (Lipinski definition) is 5. The van der Waals surface area contributed by atoms with Crippen LogP contribution >= 0.6 is 11.6 Å². The molecule has 0 radical (unpaired) electrons. The number of urea groups is 1. The number of nitrogens with zero attached hydrogens (tertiary/aromatic N) is 3. The Morgan fingerprint density at radius 1 is 1.09 bits per heavy atom. The lowest BCUT2D eigenvalue weighted by molar-refractivity contribution is -0.143. The van der Waals surface area contributed by atoms with Crippen LogP contribution in [0.25, 0.3) is 0 Å². The molecule has 0 spiro atoms. The molecule has 2 aromatic carbocycles. The number of rotatable bonds is 8. The van der Waals surface area contributed by atoms with E-state index in [0.717, 1.165) is 49.7 Å². The summed E-state index contributed by atoms with van der Waals surface area (Å²) in [6.45, 7) is 5.08. The summed E-state index contributed by atoms with van der Waals surface area (Å²) in [5.74, 6) is -1.16. The number of piperidine rings is 2. The molecule has 3 aliphatic rings. The Labute approximate surface area is 279 Å². The van der Waals surface area contributed by atoms with Crippen LogP contribution in [0.1, 0.15) is 55.7 Å². The molecule has 0 aliphatic carbocycles. The first-order chi connectivity index (χ1) is 22.3. The van der Waals surface area contributed by atoms with Crippen LogP contribution in [0.4, 0.5) is 29.3 Å². The monoisotopic (exact) mass is 676 g/mol. The number of alkyl halides is 3. The minimum atomic E-state index is -4.73. The zero-order chi connectivity index (χ0) is 33.9. The summed E-state index contributed by atoms with van der Waals surface area (Å²) in [5.41, 5.74) is 6.12. The molecule has 3 heterocycles. The molecule has 47 heavy (non-hydrogen) atoms. The molecule has 13 heteroatoms. The second kappa shape index (κ2) is 14.7. The van der Waals surface area contributed by atoms with Gasteiger partial charge in [-0.3, -0.25) is 9.59 Å². The summed E-state index contributed by atoms with van der Waals surface area (Å²) in [5, 5.41) is 6.08. The van der Waals surface area contributed by atoms with E-state index in [-0.39, 0.29) is 59.3 Å². The van der Waals surface area contributed by atoms with Crippen LogP contribution in [-0.4, -0.2) is 84.4 Å². The van der Waals surface area contributed by atoms with E-state index in [2.05, 4.69) is 10.6 Å². The number of amides is 4. The van der Waals surface area contributed by atoms with Crippen molar-refractivity contribution in [1.29, 1.82) is 0 Å². The van der Waals surface area contributed by atoms with Gasteiger partial charge in [-0.15, -0.1) is 0 Å². The quantitative estimate of drug-likeness (QED) is 0.324. The lowest BCUT2D eigenvalue weighted by Crippen LogP contribution is -2.51. The van der Waals surface area contributed by atoms with Gasteiger partial charge in [0.1, 0.15) is 0 Å². The normalized spacial score (nSPS) is 19.4. The number of hydrogen-bond donors (Lipinski definition) is 3. The molecule has 4 N–H and O–H groups in total. The number of nitrogen functional groups attached to an aromatic ring is 1. The Hall–Kier alpha value is -3.51. The topological polar surface area (TPSA) is 111 Å². The molecular weight excluding hydrogens is 633 g/mol. The number of nitrogens with one attached hydrogen (secondary N) is 2. The highest BCUT2D eigenvalue weighted by atomic mass is 35.5. The van der Waals surface area contributed by atoms with Gasteiger partial charge in [0.05, 0.1) is 22.2 Å². The summed E-state index contributed by atoms with van der Waals surface area (Å²) < 4.78 is 41.3. The molecule has 4 amide bonds. The number of benzene rings is 2. The summed E-state index contributed by atoms with van der Waals surface area (Å²) in [6, 6.07) is 9.71. The standard InChI is InChI=1S/C34H44ClF3N6O3/c1-21(23-7-12-40-13-8-23)42(2)32(46)25(17-22-18-27(34(36,37)38)31(39)28(35)19-22)20-30(45)43-14-10-26(11-15-43)44-16-9-24-5-3-4-6-29(24)41-33(44)47/h3-6,18-19,21,23,25-26,40H,7-17,20,39H2,1-2H3,(H,41,47). The summed E-state index contributed by atoms with van der Waals surface area (Å²) in [6.07, 6.45) is -1.27. The van der Waals surface area contributed by atoms with Crippen molar-refractivity contribution in [3.8, 4) is 0 Å². The number of carbonyl (C=O) groups excluding carboxylic acids is 3. The summed E-state index contributed by atoms with van der Waals surface area (Å²) >= 11 is 6.12. The van der Waals surface area contributed by atoms with E-state index in [9.17, 15) is 27.6 Å². The van der Waals surface area contributed by atoms with E-state index in [1.807, 2.05) is 36.1 Å². The second-order valence-electron chi connectivity index (χ2n) is 13.1. The van der Waals surface area contributed by atoms with Crippen LogP contribution in [0, 0.1) is 11.8 Å². The number of para-hydroxylation sites is 1. The predicted molar refractivity (Wildman–Crippen MR) is 176 cm³/mol. The third-order valence-electron chi connectivity index (χ3n) is 10.2. The number of fused-ring (bicyclic) bond motifs is 1. The van der Waals surface area contributed by atoms with Gasteiger partial charge >= 0.3 is 12.2 Å². The number of nitrogens with two attached hydrogens (primary N) is 1. The molecule has 2 unspecified atom stereocenters. The molecule has 0 saturated carbocycles. The van der Waals surface area contributed by atoms with Crippen LogP contribution in [0.3, 0.4) is 0 Å². The van der Waals surface area contributed by atoms with E-state index < -0.39 is 23.3 Å². The van der Waals surface area contributed by atoms with E-state index in [0.29, 0.717) is 32.5 Å². The maximum Gasteiger partial charge on any atom is 0.418 e. The Kier molecular flexibility index (Phi) is 10.9. The van der Waals surface area contributed by atoms with Gasteiger partial charge in [0.25, 0.3) is 0 Å². The molecular formula is C34H44ClF3N6O3. The minimum Gasteiger partial charge on any atom is -0.397 e. The van der Waals surface area contributed by atoms with Gasteiger partial charge in [0.15, 0.2) is 0 Å².